The summed E-state index contributed by atoms with van der Waals surface area (Å²) in [5.74, 6) is -1.37. The van der Waals surface area contributed by atoms with Crippen molar-refractivity contribution in [1.29, 1.82) is 0 Å². The van der Waals surface area contributed by atoms with Gasteiger partial charge in [0, 0.05) is 6.54 Å². The number of nitrogens with zero attached hydrogens (tertiary/aromatic N) is 1. The van der Waals surface area contributed by atoms with Crippen LogP contribution in [0.2, 0.25) is 10.0 Å². The van der Waals surface area contributed by atoms with Crippen LogP contribution in [0.3, 0.4) is 0 Å². The average Bonchev–Trinajstić information content (AvgIpc) is 2.41. The molecule has 2 rings (SSSR count). The van der Waals surface area contributed by atoms with Crippen molar-refractivity contribution in [2.24, 2.45) is 0 Å². The molecule has 2 unspecified atom stereocenters. The van der Waals surface area contributed by atoms with Gasteiger partial charge < -0.3 is 14.7 Å². The Kier molecular flexibility index (Phi) is 4.52. The molecule has 1 heterocycles. The molecule has 7 heteroatoms. The van der Waals surface area contributed by atoms with E-state index in [9.17, 15) is 14.7 Å². The second kappa shape index (κ2) is 5.99. The summed E-state index contributed by atoms with van der Waals surface area (Å²) in [5.41, 5.74) is 0.585. The summed E-state index contributed by atoms with van der Waals surface area (Å²) in [6, 6.07) is 4.08. The largest absolute Gasteiger partial charge is 0.479 e. The molecule has 1 saturated heterocycles. The molecule has 2 atom stereocenters. The van der Waals surface area contributed by atoms with E-state index in [2.05, 4.69) is 0 Å². The number of carboxylic acids is 1. The zero-order valence-electron chi connectivity index (χ0n) is 10.7. The first-order chi connectivity index (χ1) is 9.45. The van der Waals surface area contributed by atoms with E-state index < -0.39 is 18.1 Å². The molecule has 1 aliphatic rings. The van der Waals surface area contributed by atoms with Gasteiger partial charge in [0.15, 0.2) is 6.10 Å². The molecule has 1 amide bonds. The molecule has 0 bridgehead atoms. The van der Waals surface area contributed by atoms with Crippen LogP contribution in [0.1, 0.15) is 18.5 Å². The topological polar surface area (TPSA) is 66.8 Å². The number of carboxylic acid groups (broad SMARTS) is 1. The molecule has 20 heavy (non-hydrogen) atoms. The lowest BCUT2D eigenvalue weighted by atomic mass is 9.98. The van der Waals surface area contributed by atoms with Crippen LogP contribution in [0.4, 0.5) is 0 Å². The number of halogens is 2. The van der Waals surface area contributed by atoms with E-state index in [0.717, 1.165) is 0 Å². The maximum atomic E-state index is 11.9. The lowest BCUT2D eigenvalue weighted by Crippen LogP contribution is -2.51. The number of hydrogen-bond acceptors (Lipinski definition) is 3. The fraction of sp³-hybridized carbons (Fsp3) is 0.385. The van der Waals surface area contributed by atoms with Crippen LogP contribution in [-0.2, 0) is 14.3 Å². The van der Waals surface area contributed by atoms with E-state index >= 15 is 0 Å². The summed E-state index contributed by atoms with van der Waals surface area (Å²) in [5, 5.41) is 9.95. The Labute approximate surface area is 126 Å². The Morgan fingerprint density at radius 3 is 2.70 bits per heavy atom. The third-order valence-corrected chi connectivity index (χ3v) is 3.94. The Bertz CT molecular complexity index is 547. The second-order valence-electron chi connectivity index (χ2n) is 4.37. The average molecular weight is 318 g/mol. The molecule has 108 valence electrons. The van der Waals surface area contributed by atoms with Crippen molar-refractivity contribution in [2.75, 3.05) is 13.2 Å². The van der Waals surface area contributed by atoms with Crippen LogP contribution < -0.4 is 0 Å². The quantitative estimate of drug-likeness (QED) is 0.929. The third kappa shape index (κ3) is 2.75. The van der Waals surface area contributed by atoms with Crippen LogP contribution in [0.15, 0.2) is 18.2 Å². The zero-order chi connectivity index (χ0) is 14.9. The van der Waals surface area contributed by atoms with Crippen LogP contribution in [0.5, 0.6) is 0 Å². The van der Waals surface area contributed by atoms with Crippen molar-refractivity contribution in [3.63, 3.8) is 0 Å². The highest BCUT2D eigenvalue weighted by molar-refractivity contribution is 6.42. The minimum absolute atomic E-state index is 0.234. The summed E-state index contributed by atoms with van der Waals surface area (Å²) in [6.07, 6.45) is -1.12. The molecule has 1 aromatic rings. The van der Waals surface area contributed by atoms with E-state index in [1.807, 2.05) is 0 Å². The highest BCUT2D eigenvalue weighted by Gasteiger charge is 2.41. The number of benzene rings is 1. The summed E-state index contributed by atoms with van der Waals surface area (Å²) in [7, 11) is 0. The highest BCUT2D eigenvalue weighted by Crippen LogP contribution is 2.33. The summed E-state index contributed by atoms with van der Waals surface area (Å²) >= 11 is 11.8. The van der Waals surface area contributed by atoms with Gasteiger partial charge in [-0.15, -0.1) is 0 Å². The molecule has 0 radical (unpaired) electrons. The Morgan fingerprint density at radius 2 is 2.15 bits per heavy atom. The smallest absolute Gasteiger partial charge is 0.335 e. The molecule has 0 aromatic heterocycles. The van der Waals surface area contributed by atoms with E-state index in [-0.39, 0.29) is 12.5 Å². The maximum Gasteiger partial charge on any atom is 0.335 e. The van der Waals surface area contributed by atoms with E-state index in [4.69, 9.17) is 27.9 Å². The lowest BCUT2D eigenvalue weighted by molar-refractivity contribution is -0.172. The van der Waals surface area contributed by atoms with Gasteiger partial charge in [0.2, 0.25) is 5.91 Å². The van der Waals surface area contributed by atoms with Crippen LogP contribution in [0.25, 0.3) is 0 Å². The monoisotopic (exact) mass is 317 g/mol. The fourth-order valence-electron chi connectivity index (χ4n) is 2.28. The van der Waals surface area contributed by atoms with Gasteiger partial charge in [-0.1, -0.05) is 29.3 Å². The number of aliphatic carboxylic acids is 1. The molecule has 1 aliphatic heterocycles. The van der Waals surface area contributed by atoms with Gasteiger partial charge in [0.1, 0.15) is 6.61 Å². The molecule has 1 N–H and O–H groups in total. The predicted octanol–water partition coefficient (Wildman–Crippen LogP) is 2.37. The molecule has 1 aromatic carbocycles. The van der Waals surface area contributed by atoms with Crippen molar-refractivity contribution in [3.8, 4) is 0 Å². The summed E-state index contributed by atoms with van der Waals surface area (Å²) in [6.45, 7) is 1.94. The lowest BCUT2D eigenvalue weighted by Gasteiger charge is -2.39. The van der Waals surface area contributed by atoms with Crippen molar-refractivity contribution in [1.82, 2.24) is 4.90 Å². The first-order valence-electron chi connectivity index (χ1n) is 6.04. The summed E-state index contributed by atoms with van der Waals surface area (Å²) in [4.78, 5) is 24.7. The normalized spacial score (nSPS) is 22.9. The minimum Gasteiger partial charge on any atom is -0.479 e. The number of ether oxygens (including phenoxy) is 1. The number of amides is 1. The minimum atomic E-state index is -1.12. The molecule has 1 fully saturated rings. The van der Waals surface area contributed by atoms with Gasteiger partial charge >= 0.3 is 5.97 Å². The molecule has 0 spiro atoms. The molecular weight excluding hydrogens is 305 g/mol. The SMILES string of the molecule is CCN1C(=O)COC(C(=O)O)C1c1ccc(Cl)c(Cl)c1. The second-order valence-corrected chi connectivity index (χ2v) is 5.18. The van der Waals surface area contributed by atoms with E-state index in [0.29, 0.717) is 22.2 Å². The number of morpholine rings is 1. The molecular formula is C13H13Cl2NO4. The van der Waals surface area contributed by atoms with Gasteiger partial charge in [-0.2, -0.15) is 0 Å². The fourth-order valence-corrected chi connectivity index (χ4v) is 2.59. The predicted molar refractivity (Wildman–Crippen MR) is 74.0 cm³/mol. The van der Waals surface area contributed by atoms with Gasteiger partial charge in [-0.3, -0.25) is 4.79 Å². The number of carbonyl (C=O) groups excluding carboxylic acids is 1. The zero-order valence-corrected chi connectivity index (χ0v) is 12.2. The van der Waals surface area contributed by atoms with E-state index in [1.165, 1.54) is 4.90 Å². The van der Waals surface area contributed by atoms with Gasteiger partial charge in [-0.05, 0) is 24.6 Å². The molecule has 0 saturated carbocycles. The van der Waals surface area contributed by atoms with Gasteiger partial charge in [0.25, 0.3) is 0 Å². The van der Waals surface area contributed by atoms with Crippen molar-refractivity contribution < 1.29 is 19.4 Å². The maximum absolute atomic E-state index is 11.9. The standard InChI is InChI=1S/C13H13Cl2NO4/c1-2-16-10(17)6-20-12(13(18)19)11(16)7-3-4-8(14)9(15)5-7/h3-5,11-12H,2,6H2,1H3,(H,18,19). The number of hydrogen-bond donors (Lipinski definition) is 1. The van der Waals surface area contributed by atoms with E-state index in [1.54, 1.807) is 25.1 Å². The van der Waals surface area contributed by atoms with Crippen LogP contribution in [-0.4, -0.2) is 41.1 Å². The Balaban J connectivity index is 2.46. The van der Waals surface area contributed by atoms with Crippen LogP contribution in [0, 0.1) is 0 Å². The van der Waals surface area contributed by atoms with Gasteiger partial charge in [0.05, 0.1) is 16.1 Å². The first-order valence-corrected chi connectivity index (χ1v) is 6.80. The highest BCUT2D eigenvalue weighted by atomic mass is 35.5. The van der Waals surface area contributed by atoms with Crippen molar-refractivity contribution in [2.45, 2.75) is 19.1 Å². The molecule has 0 aliphatic carbocycles. The Hall–Kier alpha value is -1.30. The van der Waals surface area contributed by atoms with Crippen LogP contribution >= 0.6 is 23.2 Å². The number of rotatable bonds is 3. The van der Waals surface area contributed by atoms with Gasteiger partial charge in [-0.25, -0.2) is 4.79 Å². The Morgan fingerprint density at radius 1 is 1.45 bits per heavy atom. The first kappa shape index (κ1) is 15.1. The van der Waals surface area contributed by atoms with Crippen molar-refractivity contribution >= 4 is 35.1 Å². The number of carbonyl (C=O) groups is 2. The number of likely N-dealkylation sites (N-methyl/N-ethyl adjacent to an activating group) is 1. The summed E-state index contributed by atoms with van der Waals surface area (Å²) < 4.78 is 5.15. The molecule has 5 nitrogen and oxygen atoms in total. The third-order valence-electron chi connectivity index (χ3n) is 3.20. The van der Waals surface area contributed by atoms with Crippen molar-refractivity contribution in [3.05, 3.63) is 33.8 Å².